The average molecular weight is 162 g/mol. The van der Waals surface area contributed by atoms with Crippen molar-refractivity contribution in [1.82, 2.24) is 15.3 Å². The van der Waals surface area contributed by atoms with Gasteiger partial charge in [-0.2, -0.15) is 0 Å². The Morgan fingerprint density at radius 3 is 2.75 bits per heavy atom. The van der Waals surface area contributed by atoms with E-state index >= 15 is 0 Å². The lowest BCUT2D eigenvalue weighted by atomic mass is 10.2. The second-order valence-electron chi connectivity index (χ2n) is 2.64. The minimum absolute atomic E-state index is 0.900. The predicted octanol–water partition coefficient (Wildman–Crippen LogP) is 0.216. The third-order valence-corrected chi connectivity index (χ3v) is 1.73. The molecule has 0 atom stereocenters. The van der Waals surface area contributed by atoms with Gasteiger partial charge in [0.2, 0.25) is 0 Å². The van der Waals surface area contributed by atoms with Crippen molar-refractivity contribution in [2.75, 3.05) is 13.1 Å². The van der Waals surface area contributed by atoms with Crippen LogP contribution in [-0.2, 0) is 0 Å². The topological polar surface area (TPSA) is 50.2 Å². The maximum Gasteiger partial charge on any atom is 0.131 e. The summed E-state index contributed by atoms with van der Waals surface area (Å²) in [4.78, 5) is 12.2. The first-order valence-electron chi connectivity index (χ1n) is 4.00. The maximum absolute atomic E-state index is 4.33. The van der Waals surface area contributed by atoms with Gasteiger partial charge in [-0.15, -0.1) is 0 Å². The van der Waals surface area contributed by atoms with Gasteiger partial charge in [0.15, 0.2) is 0 Å². The van der Waals surface area contributed by atoms with Crippen LogP contribution in [0.1, 0.15) is 12.0 Å². The molecule has 1 aromatic rings. The van der Waals surface area contributed by atoms with Crippen LogP contribution in [0.2, 0.25) is 0 Å². The molecule has 1 aliphatic heterocycles. The Morgan fingerprint density at radius 2 is 2.08 bits per heavy atom. The first kappa shape index (κ1) is 7.21. The van der Waals surface area contributed by atoms with Gasteiger partial charge in [0.05, 0.1) is 5.56 Å². The molecule has 1 aromatic heterocycles. The van der Waals surface area contributed by atoms with E-state index in [-0.39, 0.29) is 0 Å². The van der Waals surface area contributed by atoms with Gasteiger partial charge >= 0.3 is 0 Å². The van der Waals surface area contributed by atoms with E-state index in [1.807, 2.05) is 0 Å². The molecule has 0 radical (unpaired) electrons. The number of amidine groups is 1. The molecule has 1 N–H and O–H groups in total. The van der Waals surface area contributed by atoms with E-state index in [2.05, 4.69) is 20.3 Å². The zero-order chi connectivity index (χ0) is 8.23. The van der Waals surface area contributed by atoms with Gasteiger partial charge in [0, 0.05) is 25.5 Å². The van der Waals surface area contributed by atoms with Gasteiger partial charge in [-0.1, -0.05) is 0 Å². The SMILES string of the molecule is c1ncc(C2=NCCCN2)cn1. The summed E-state index contributed by atoms with van der Waals surface area (Å²) in [5.41, 5.74) is 0.970. The summed E-state index contributed by atoms with van der Waals surface area (Å²) in [6.45, 7) is 1.89. The molecule has 4 nitrogen and oxygen atoms in total. The van der Waals surface area contributed by atoms with Crippen molar-refractivity contribution in [3.05, 3.63) is 24.3 Å². The monoisotopic (exact) mass is 162 g/mol. The largest absolute Gasteiger partial charge is 0.370 e. The third kappa shape index (κ3) is 1.42. The fraction of sp³-hybridized carbons (Fsp3) is 0.375. The molecule has 62 valence electrons. The lowest BCUT2D eigenvalue weighted by Gasteiger charge is -2.13. The zero-order valence-electron chi connectivity index (χ0n) is 6.70. The van der Waals surface area contributed by atoms with Crippen molar-refractivity contribution < 1.29 is 0 Å². The average Bonchev–Trinajstić information content (AvgIpc) is 2.21. The van der Waals surface area contributed by atoms with Gasteiger partial charge in [0.1, 0.15) is 12.2 Å². The normalized spacial score (nSPS) is 16.5. The second kappa shape index (κ2) is 3.30. The first-order valence-corrected chi connectivity index (χ1v) is 4.00. The van der Waals surface area contributed by atoms with E-state index < -0.39 is 0 Å². The Labute approximate surface area is 70.8 Å². The van der Waals surface area contributed by atoms with E-state index in [9.17, 15) is 0 Å². The molecular formula is C8H10N4. The van der Waals surface area contributed by atoms with Gasteiger partial charge < -0.3 is 5.32 Å². The molecule has 4 heteroatoms. The highest BCUT2D eigenvalue weighted by Crippen LogP contribution is 1.98. The number of nitrogens with one attached hydrogen (secondary N) is 1. The summed E-state index contributed by atoms with van der Waals surface area (Å²) in [7, 11) is 0. The number of aliphatic imine (C=N–C) groups is 1. The predicted molar refractivity (Wildman–Crippen MR) is 46.1 cm³/mol. The van der Waals surface area contributed by atoms with Crippen LogP contribution >= 0.6 is 0 Å². The number of hydrogen-bond donors (Lipinski definition) is 1. The van der Waals surface area contributed by atoms with Gasteiger partial charge in [-0.3, -0.25) is 4.99 Å². The summed E-state index contributed by atoms with van der Waals surface area (Å²) in [6, 6.07) is 0. The molecule has 0 unspecified atom stereocenters. The van der Waals surface area contributed by atoms with Crippen LogP contribution in [0.25, 0.3) is 0 Å². The van der Waals surface area contributed by atoms with Crippen molar-refractivity contribution >= 4 is 5.84 Å². The quantitative estimate of drug-likeness (QED) is 0.642. The van der Waals surface area contributed by atoms with Crippen LogP contribution in [0.4, 0.5) is 0 Å². The molecule has 2 rings (SSSR count). The van der Waals surface area contributed by atoms with E-state index in [0.29, 0.717) is 0 Å². The fourth-order valence-electron chi connectivity index (χ4n) is 1.15. The summed E-state index contributed by atoms with van der Waals surface area (Å²) < 4.78 is 0. The van der Waals surface area contributed by atoms with Crippen molar-refractivity contribution in [3.63, 3.8) is 0 Å². The number of rotatable bonds is 1. The molecule has 0 bridgehead atoms. The van der Waals surface area contributed by atoms with Crippen molar-refractivity contribution in [2.45, 2.75) is 6.42 Å². The highest BCUT2D eigenvalue weighted by molar-refractivity contribution is 5.98. The first-order chi connectivity index (χ1) is 5.97. The van der Waals surface area contributed by atoms with Crippen molar-refractivity contribution in [3.8, 4) is 0 Å². The number of nitrogens with zero attached hydrogens (tertiary/aromatic N) is 3. The summed E-state index contributed by atoms with van der Waals surface area (Å²) in [6.07, 6.45) is 6.17. The van der Waals surface area contributed by atoms with Crippen LogP contribution < -0.4 is 5.32 Å². The number of aromatic nitrogens is 2. The smallest absolute Gasteiger partial charge is 0.131 e. The molecule has 0 saturated heterocycles. The lowest BCUT2D eigenvalue weighted by Crippen LogP contribution is -2.30. The highest BCUT2D eigenvalue weighted by Gasteiger charge is 2.05. The molecule has 0 aliphatic carbocycles. The van der Waals surface area contributed by atoms with Crippen LogP contribution in [0.5, 0.6) is 0 Å². The maximum atomic E-state index is 4.33. The van der Waals surface area contributed by atoms with Crippen molar-refractivity contribution in [1.29, 1.82) is 0 Å². The number of hydrogen-bond acceptors (Lipinski definition) is 4. The van der Waals surface area contributed by atoms with Crippen LogP contribution in [0, 0.1) is 0 Å². The van der Waals surface area contributed by atoms with Crippen molar-refractivity contribution in [2.24, 2.45) is 4.99 Å². The highest BCUT2D eigenvalue weighted by atomic mass is 15.0. The molecule has 0 spiro atoms. The molecule has 0 amide bonds. The van der Waals surface area contributed by atoms with Gasteiger partial charge in [0.25, 0.3) is 0 Å². The lowest BCUT2D eigenvalue weighted by molar-refractivity contribution is 0.741. The third-order valence-electron chi connectivity index (χ3n) is 1.73. The molecule has 1 aliphatic rings. The van der Waals surface area contributed by atoms with E-state index in [0.717, 1.165) is 30.9 Å². The Balaban J connectivity index is 2.24. The van der Waals surface area contributed by atoms with Gasteiger partial charge in [-0.05, 0) is 6.42 Å². The summed E-state index contributed by atoms with van der Waals surface area (Å²) >= 11 is 0. The molecule has 2 heterocycles. The molecular weight excluding hydrogens is 152 g/mol. The Bertz CT molecular complexity index is 280. The summed E-state index contributed by atoms with van der Waals surface area (Å²) in [5.74, 6) is 0.918. The van der Waals surface area contributed by atoms with Gasteiger partial charge in [-0.25, -0.2) is 9.97 Å². The second-order valence-corrected chi connectivity index (χ2v) is 2.64. The van der Waals surface area contributed by atoms with E-state index in [4.69, 9.17) is 0 Å². The van der Waals surface area contributed by atoms with Crippen LogP contribution in [0.3, 0.4) is 0 Å². The molecule has 0 aromatic carbocycles. The molecule has 12 heavy (non-hydrogen) atoms. The van der Waals surface area contributed by atoms with E-state index in [1.165, 1.54) is 6.33 Å². The summed E-state index contributed by atoms with van der Waals surface area (Å²) in [5, 5.41) is 3.21. The Hall–Kier alpha value is -1.45. The Morgan fingerprint density at radius 1 is 1.25 bits per heavy atom. The minimum atomic E-state index is 0.900. The molecule has 0 saturated carbocycles. The molecule has 0 fully saturated rings. The fourth-order valence-corrected chi connectivity index (χ4v) is 1.15. The minimum Gasteiger partial charge on any atom is -0.370 e. The van der Waals surface area contributed by atoms with Crippen LogP contribution in [-0.4, -0.2) is 28.9 Å². The Kier molecular flexibility index (Phi) is 1.98. The van der Waals surface area contributed by atoms with E-state index in [1.54, 1.807) is 12.4 Å². The standard InChI is InChI=1S/C8H10N4/c1-2-11-8(12-3-1)7-4-9-6-10-5-7/h4-6H,1-3H2,(H,11,12). The zero-order valence-corrected chi connectivity index (χ0v) is 6.70. The van der Waals surface area contributed by atoms with Crippen LogP contribution in [0.15, 0.2) is 23.7 Å².